The van der Waals surface area contributed by atoms with E-state index in [1.807, 2.05) is 11.8 Å². The Morgan fingerprint density at radius 1 is 1.19 bits per heavy atom. The normalized spacial score (nSPS) is 25.4. The summed E-state index contributed by atoms with van der Waals surface area (Å²) < 4.78 is 27.5. The minimum Gasteiger partial charge on any atom is -0.456 e. The van der Waals surface area contributed by atoms with Crippen molar-refractivity contribution in [1.29, 1.82) is 0 Å². The molecule has 0 aromatic heterocycles. The fraction of sp³-hybridized carbons (Fsp3) is 0.846. The molecule has 2 saturated heterocycles. The van der Waals surface area contributed by atoms with Crippen LogP contribution in [-0.4, -0.2) is 56.0 Å². The molecule has 2 rings (SSSR count). The number of amides is 1. The maximum absolute atomic E-state index is 11.7. The van der Waals surface area contributed by atoms with Gasteiger partial charge in [-0.3, -0.25) is 9.59 Å². The Morgan fingerprint density at radius 2 is 1.90 bits per heavy atom. The summed E-state index contributed by atoms with van der Waals surface area (Å²) in [6.45, 7) is -0.323. The van der Waals surface area contributed by atoms with E-state index in [1.165, 1.54) is 0 Å². The summed E-state index contributed by atoms with van der Waals surface area (Å²) in [7, 11) is -3.02. The van der Waals surface area contributed by atoms with Gasteiger partial charge in [0.25, 0.3) is 5.91 Å². The van der Waals surface area contributed by atoms with Gasteiger partial charge in [0.1, 0.15) is 0 Å². The van der Waals surface area contributed by atoms with Crippen molar-refractivity contribution in [3.63, 3.8) is 0 Å². The molecular formula is C13H21NO5S2. The molecule has 1 atom stereocenters. The highest BCUT2D eigenvalue weighted by atomic mass is 32.2. The summed E-state index contributed by atoms with van der Waals surface area (Å²) in [4.78, 5) is 23.3. The molecule has 0 bridgehead atoms. The predicted molar refractivity (Wildman–Crippen MR) is 80.8 cm³/mol. The van der Waals surface area contributed by atoms with Crippen molar-refractivity contribution in [2.45, 2.75) is 31.7 Å². The van der Waals surface area contributed by atoms with E-state index in [1.54, 1.807) is 0 Å². The lowest BCUT2D eigenvalue weighted by Crippen LogP contribution is -2.38. The minimum absolute atomic E-state index is 0.0214. The number of nitrogens with one attached hydrogen (secondary N) is 1. The number of ether oxygens (including phenoxy) is 1. The summed E-state index contributed by atoms with van der Waals surface area (Å²) >= 11 is 1.90. The largest absolute Gasteiger partial charge is 0.456 e. The van der Waals surface area contributed by atoms with Gasteiger partial charge >= 0.3 is 5.97 Å². The van der Waals surface area contributed by atoms with Crippen LogP contribution in [-0.2, 0) is 24.2 Å². The van der Waals surface area contributed by atoms with Crippen molar-refractivity contribution in [3.05, 3.63) is 0 Å². The molecule has 120 valence electrons. The van der Waals surface area contributed by atoms with Crippen molar-refractivity contribution >= 4 is 33.5 Å². The molecule has 0 aromatic rings. The standard InChI is InChI=1S/C13H21NO5S2/c15-12(14-11-3-6-21(17,18)9-11)8-19-13(16)7-10-1-4-20-5-2-10/h10-11H,1-9H2,(H,14,15). The van der Waals surface area contributed by atoms with Crippen LogP contribution in [0.15, 0.2) is 0 Å². The topological polar surface area (TPSA) is 89.5 Å². The zero-order valence-electron chi connectivity index (χ0n) is 11.9. The SMILES string of the molecule is O=C(COC(=O)CC1CCSCC1)NC1CCS(=O)(=O)C1. The summed E-state index contributed by atoms with van der Waals surface area (Å²) in [6, 6.07) is -0.350. The first-order chi connectivity index (χ1) is 9.94. The molecule has 21 heavy (non-hydrogen) atoms. The third-order valence-electron chi connectivity index (χ3n) is 3.76. The average molecular weight is 335 g/mol. The van der Waals surface area contributed by atoms with Crippen molar-refractivity contribution in [1.82, 2.24) is 5.32 Å². The Bertz CT molecular complexity index is 485. The maximum Gasteiger partial charge on any atom is 0.306 e. The molecular weight excluding hydrogens is 314 g/mol. The van der Waals surface area contributed by atoms with Gasteiger partial charge in [-0.2, -0.15) is 11.8 Å². The summed E-state index contributed by atoms with van der Waals surface area (Å²) in [6.07, 6.45) is 2.84. The van der Waals surface area contributed by atoms with Crippen LogP contribution in [0, 0.1) is 5.92 Å². The molecule has 1 unspecified atom stereocenters. The second kappa shape index (κ2) is 7.49. The maximum atomic E-state index is 11.7. The van der Waals surface area contributed by atoms with Crippen molar-refractivity contribution < 1.29 is 22.7 Å². The van der Waals surface area contributed by atoms with E-state index >= 15 is 0 Å². The number of hydrogen-bond acceptors (Lipinski definition) is 6. The van der Waals surface area contributed by atoms with Crippen molar-refractivity contribution in [2.75, 3.05) is 29.6 Å². The number of carbonyl (C=O) groups is 2. The average Bonchev–Trinajstić information content (AvgIpc) is 2.77. The van der Waals surface area contributed by atoms with E-state index in [-0.39, 0.29) is 30.1 Å². The van der Waals surface area contributed by atoms with Crippen LogP contribution in [0.4, 0.5) is 0 Å². The molecule has 1 amide bonds. The van der Waals surface area contributed by atoms with Gasteiger partial charge < -0.3 is 10.1 Å². The summed E-state index contributed by atoms with van der Waals surface area (Å²) in [5.74, 6) is 1.83. The fourth-order valence-corrected chi connectivity index (χ4v) is 5.45. The third kappa shape index (κ3) is 5.86. The Kier molecular flexibility index (Phi) is 5.92. The highest BCUT2D eigenvalue weighted by Gasteiger charge is 2.29. The second-order valence-electron chi connectivity index (χ2n) is 5.59. The minimum atomic E-state index is -3.02. The van der Waals surface area contributed by atoms with Crippen LogP contribution in [0.1, 0.15) is 25.7 Å². The number of sulfone groups is 1. The van der Waals surface area contributed by atoms with Crippen molar-refractivity contribution in [2.24, 2.45) is 5.92 Å². The molecule has 8 heteroatoms. The molecule has 2 heterocycles. The Morgan fingerprint density at radius 3 is 2.52 bits per heavy atom. The van der Waals surface area contributed by atoms with E-state index in [0.29, 0.717) is 18.8 Å². The number of thioether (sulfide) groups is 1. The molecule has 0 radical (unpaired) electrons. The van der Waals surface area contributed by atoms with Gasteiger partial charge in [0.15, 0.2) is 16.4 Å². The van der Waals surface area contributed by atoms with Crippen LogP contribution in [0.2, 0.25) is 0 Å². The Balaban J connectivity index is 1.63. The predicted octanol–water partition coefficient (Wildman–Crippen LogP) is 0.366. The lowest BCUT2D eigenvalue weighted by atomic mass is 9.99. The van der Waals surface area contributed by atoms with Gasteiger partial charge in [-0.25, -0.2) is 8.42 Å². The first-order valence-corrected chi connectivity index (χ1v) is 10.2. The van der Waals surface area contributed by atoms with Crippen LogP contribution >= 0.6 is 11.8 Å². The van der Waals surface area contributed by atoms with Crippen LogP contribution in [0.3, 0.4) is 0 Å². The molecule has 6 nitrogen and oxygen atoms in total. The lowest BCUT2D eigenvalue weighted by Gasteiger charge is -2.20. The van der Waals surface area contributed by atoms with Gasteiger partial charge in [0.2, 0.25) is 0 Å². The van der Waals surface area contributed by atoms with Crippen LogP contribution in [0.25, 0.3) is 0 Å². The smallest absolute Gasteiger partial charge is 0.306 e. The highest BCUT2D eigenvalue weighted by Crippen LogP contribution is 2.25. The Labute approximate surface area is 129 Å². The van der Waals surface area contributed by atoms with Gasteiger partial charge in [0, 0.05) is 12.5 Å². The van der Waals surface area contributed by atoms with E-state index in [9.17, 15) is 18.0 Å². The molecule has 1 N–H and O–H groups in total. The molecule has 0 saturated carbocycles. The van der Waals surface area contributed by atoms with Crippen LogP contribution < -0.4 is 5.32 Å². The van der Waals surface area contributed by atoms with E-state index < -0.39 is 15.7 Å². The van der Waals surface area contributed by atoms with E-state index in [4.69, 9.17) is 4.74 Å². The molecule has 0 spiro atoms. The zero-order valence-corrected chi connectivity index (χ0v) is 13.5. The second-order valence-corrected chi connectivity index (χ2v) is 9.04. The highest BCUT2D eigenvalue weighted by molar-refractivity contribution is 7.99. The third-order valence-corrected chi connectivity index (χ3v) is 6.57. The molecule has 2 aliphatic rings. The fourth-order valence-electron chi connectivity index (χ4n) is 2.57. The van der Waals surface area contributed by atoms with Gasteiger partial charge in [-0.15, -0.1) is 0 Å². The zero-order chi connectivity index (χ0) is 15.3. The number of rotatable bonds is 5. The number of hydrogen-bond donors (Lipinski definition) is 1. The van der Waals surface area contributed by atoms with E-state index in [0.717, 1.165) is 24.3 Å². The molecule has 2 fully saturated rings. The van der Waals surface area contributed by atoms with E-state index in [2.05, 4.69) is 5.32 Å². The Hall–Kier alpha value is -0.760. The first kappa shape index (κ1) is 16.6. The van der Waals surface area contributed by atoms with Gasteiger partial charge in [-0.05, 0) is 36.7 Å². The lowest BCUT2D eigenvalue weighted by molar-refractivity contribution is -0.149. The quantitative estimate of drug-likeness (QED) is 0.730. The number of esters is 1. The number of carbonyl (C=O) groups excluding carboxylic acids is 2. The molecule has 0 aromatic carbocycles. The van der Waals surface area contributed by atoms with Crippen LogP contribution in [0.5, 0.6) is 0 Å². The monoisotopic (exact) mass is 335 g/mol. The molecule has 0 aliphatic carbocycles. The summed E-state index contributed by atoms with van der Waals surface area (Å²) in [5, 5.41) is 2.59. The summed E-state index contributed by atoms with van der Waals surface area (Å²) in [5.41, 5.74) is 0. The van der Waals surface area contributed by atoms with Gasteiger partial charge in [0.05, 0.1) is 11.5 Å². The first-order valence-electron chi connectivity index (χ1n) is 7.18. The van der Waals surface area contributed by atoms with Gasteiger partial charge in [-0.1, -0.05) is 0 Å². The van der Waals surface area contributed by atoms with Crippen molar-refractivity contribution in [3.8, 4) is 0 Å². The molecule has 2 aliphatic heterocycles.